The Morgan fingerprint density at radius 3 is 2.47 bits per heavy atom. The topological polar surface area (TPSA) is 85.4 Å². The van der Waals surface area contributed by atoms with Gasteiger partial charge in [-0.15, -0.1) is 11.8 Å². The molecule has 0 aliphatic carbocycles. The Morgan fingerprint density at radius 2 is 1.83 bits per heavy atom. The first-order valence-corrected chi connectivity index (χ1v) is 11.2. The van der Waals surface area contributed by atoms with E-state index in [1.807, 2.05) is 0 Å². The van der Waals surface area contributed by atoms with Gasteiger partial charge in [-0.1, -0.05) is 0 Å². The highest BCUT2D eigenvalue weighted by Gasteiger charge is 2.39. The zero-order valence-electron chi connectivity index (χ0n) is 17.6. The molecule has 2 fully saturated rings. The molecule has 30 heavy (non-hydrogen) atoms. The first-order chi connectivity index (χ1) is 14.5. The Labute approximate surface area is 180 Å². The predicted octanol–water partition coefficient (Wildman–Crippen LogP) is 2.02. The standard InChI is InChI=1S/C21H28N2O6S/c1-4-29-21(26)14-6-5-7-22(11-14)20(25)18-12-30-13-23(18)19(24)15-8-16(27-2)10-17(9-15)28-3/h8-10,14,18H,4-7,11-13H2,1-3H3. The van der Waals surface area contributed by atoms with Crippen LogP contribution in [0.25, 0.3) is 0 Å². The van der Waals surface area contributed by atoms with Gasteiger partial charge in [-0.05, 0) is 31.9 Å². The molecule has 2 heterocycles. The molecule has 2 atom stereocenters. The second-order valence-electron chi connectivity index (χ2n) is 7.27. The summed E-state index contributed by atoms with van der Waals surface area (Å²) in [6, 6.07) is 4.43. The van der Waals surface area contributed by atoms with Crippen molar-refractivity contribution >= 4 is 29.5 Å². The predicted molar refractivity (Wildman–Crippen MR) is 113 cm³/mol. The molecule has 0 radical (unpaired) electrons. The van der Waals surface area contributed by atoms with Gasteiger partial charge in [0, 0.05) is 30.5 Å². The largest absolute Gasteiger partial charge is 0.497 e. The lowest BCUT2D eigenvalue weighted by Crippen LogP contribution is -2.52. The average molecular weight is 437 g/mol. The van der Waals surface area contributed by atoms with Crippen molar-refractivity contribution in [3.8, 4) is 11.5 Å². The summed E-state index contributed by atoms with van der Waals surface area (Å²) in [4.78, 5) is 41.8. The van der Waals surface area contributed by atoms with Crippen LogP contribution in [0.4, 0.5) is 0 Å². The van der Waals surface area contributed by atoms with Crippen molar-refractivity contribution in [1.82, 2.24) is 9.80 Å². The Morgan fingerprint density at radius 1 is 1.13 bits per heavy atom. The van der Waals surface area contributed by atoms with Crippen LogP contribution in [0.15, 0.2) is 18.2 Å². The third kappa shape index (κ3) is 4.83. The Hall–Kier alpha value is -2.42. The number of methoxy groups -OCH3 is 2. The van der Waals surface area contributed by atoms with Gasteiger partial charge in [-0.2, -0.15) is 0 Å². The summed E-state index contributed by atoms with van der Waals surface area (Å²) in [6.45, 7) is 3.03. The summed E-state index contributed by atoms with van der Waals surface area (Å²) < 4.78 is 15.6. The number of ether oxygens (including phenoxy) is 3. The monoisotopic (exact) mass is 436 g/mol. The molecule has 0 N–H and O–H groups in total. The molecule has 1 aromatic carbocycles. The Balaban J connectivity index is 1.74. The number of benzene rings is 1. The molecule has 1 aromatic rings. The minimum atomic E-state index is -0.555. The van der Waals surface area contributed by atoms with Crippen molar-refractivity contribution in [2.24, 2.45) is 5.92 Å². The first kappa shape index (κ1) is 22.3. The molecule has 164 valence electrons. The quantitative estimate of drug-likeness (QED) is 0.631. The number of rotatable bonds is 6. The number of piperidine rings is 1. The molecule has 2 aliphatic rings. The van der Waals surface area contributed by atoms with E-state index in [0.717, 1.165) is 6.42 Å². The van der Waals surface area contributed by atoms with Crippen molar-refractivity contribution in [2.75, 3.05) is 45.5 Å². The molecule has 3 rings (SSSR count). The molecule has 0 spiro atoms. The molecular formula is C21H28N2O6S. The highest BCUT2D eigenvalue weighted by Crippen LogP contribution is 2.29. The molecule has 9 heteroatoms. The molecular weight excluding hydrogens is 408 g/mol. The number of nitrogens with zero attached hydrogens (tertiary/aromatic N) is 2. The third-order valence-electron chi connectivity index (χ3n) is 5.38. The number of amides is 2. The number of carbonyl (C=O) groups excluding carboxylic acids is 3. The van der Waals surface area contributed by atoms with Crippen molar-refractivity contribution in [1.29, 1.82) is 0 Å². The van der Waals surface area contributed by atoms with Crippen molar-refractivity contribution < 1.29 is 28.6 Å². The molecule has 0 saturated carbocycles. The fraction of sp³-hybridized carbons (Fsp3) is 0.571. The molecule has 2 aliphatic heterocycles. The van der Waals surface area contributed by atoms with Crippen molar-refractivity contribution in [3.05, 3.63) is 23.8 Å². The van der Waals surface area contributed by atoms with E-state index in [2.05, 4.69) is 0 Å². The summed E-state index contributed by atoms with van der Waals surface area (Å²) in [7, 11) is 3.05. The zero-order valence-corrected chi connectivity index (χ0v) is 18.4. The normalized spacial score (nSPS) is 21.3. The van der Waals surface area contributed by atoms with E-state index in [1.54, 1.807) is 46.7 Å². The van der Waals surface area contributed by atoms with E-state index in [4.69, 9.17) is 14.2 Å². The second kappa shape index (κ2) is 10.1. The molecule has 2 saturated heterocycles. The average Bonchev–Trinajstić information content (AvgIpc) is 3.27. The minimum Gasteiger partial charge on any atom is -0.497 e. The van der Waals surface area contributed by atoms with Crippen LogP contribution in [0, 0.1) is 5.92 Å². The van der Waals surface area contributed by atoms with Crippen LogP contribution in [-0.2, 0) is 14.3 Å². The van der Waals surface area contributed by atoms with Crippen LogP contribution in [0.3, 0.4) is 0 Å². The lowest BCUT2D eigenvalue weighted by Gasteiger charge is -2.35. The van der Waals surface area contributed by atoms with Gasteiger partial charge in [-0.25, -0.2) is 0 Å². The lowest BCUT2D eigenvalue weighted by atomic mass is 9.97. The summed E-state index contributed by atoms with van der Waals surface area (Å²) >= 11 is 1.54. The van der Waals surface area contributed by atoms with Crippen LogP contribution in [0.1, 0.15) is 30.1 Å². The highest BCUT2D eigenvalue weighted by atomic mass is 32.2. The van der Waals surface area contributed by atoms with Crippen LogP contribution in [0.5, 0.6) is 11.5 Å². The number of thioether (sulfide) groups is 1. The van der Waals surface area contributed by atoms with Crippen LogP contribution >= 0.6 is 11.8 Å². The molecule has 0 aromatic heterocycles. The highest BCUT2D eigenvalue weighted by molar-refractivity contribution is 7.99. The summed E-state index contributed by atoms with van der Waals surface area (Å²) in [6.07, 6.45) is 1.46. The smallest absolute Gasteiger partial charge is 0.310 e. The zero-order chi connectivity index (χ0) is 21.7. The lowest BCUT2D eigenvalue weighted by molar-refractivity contribution is -0.151. The van der Waals surface area contributed by atoms with E-state index in [1.165, 1.54) is 14.2 Å². The van der Waals surface area contributed by atoms with Gasteiger partial charge < -0.3 is 24.0 Å². The van der Waals surface area contributed by atoms with Gasteiger partial charge in [-0.3, -0.25) is 14.4 Å². The number of hydrogen-bond acceptors (Lipinski definition) is 7. The number of likely N-dealkylation sites (tertiary alicyclic amines) is 1. The van der Waals surface area contributed by atoms with E-state index in [0.29, 0.717) is 54.8 Å². The van der Waals surface area contributed by atoms with E-state index >= 15 is 0 Å². The van der Waals surface area contributed by atoms with Crippen LogP contribution in [-0.4, -0.2) is 79.2 Å². The fourth-order valence-corrected chi connectivity index (χ4v) is 4.93. The Kier molecular flexibility index (Phi) is 7.47. The fourth-order valence-electron chi connectivity index (χ4n) is 3.78. The maximum absolute atomic E-state index is 13.2. The van der Waals surface area contributed by atoms with Crippen molar-refractivity contribution in [2.45, 2.75) is 25.8 Å². The summed E-state index contributed by atoms with van der Waals surface area (Å²) in [5.74, 6) is 1.08. The van der Waals surface area contributed by atoms with E-state index < -0.39 is 6.04 Å². The van der Waals surface area contributed by atoms with Crippen molar-refractivity contribution in [3.63, 3.8) is 0 Å². The summed E-state index contributed by atoms with van der Waals surface area (Å²) in [5, 5.41) is 0. The van der Waals surface area contributed by atoms with Gasteiger partial charge in [0.25, 0.3) is 5.91 Å². The molecule has 2 unspecified atom stereocenters. The Bertz CT molecular complexity index is 779. The van der Waals surface area contributed by atoms with Gasteiger partial charge in [0.05, 0.1) is 32.6 Å². The second-order valence-corrected chi connectivity index (χ2v) is 8.27. The van der Waals surface area contributed by atoms with E-state index in [9.17, 15) is 14.4 Å². The number of carbonyl (C=O) groups is 3. The first-order valence-electron chi connectivity index (χ1n) is 10.1. The van der Waals surface area contributed by atoms with Gasteiger partial charge in [0.15, 0.2) is 0 Å². The van der Waals surface area contributed by atoms with Crippen LogP contribution < -0.4 is 9.47 Å². The summed E-state index contributed by atoms with van der Waals surface area (Å²) in [5.41, 5.74) is 0.412. The maximum atomic E-state index is 13.2. The number of hydrogen-bond donors (Lipinski definition) is 0. The van der Waals surface area contributed by atoms with E-state index in [-0.39, 0.29) is 23.7 Å². The van der Waals surface area contributed by atoms with Gasteiger partial charge in [0.2, 0.25) is 5.91 Å². The minimum absolute atomic E-state index is 0.114. The molecule has 2 amide bonds. The third-order valence-corrected chi connectivity index (χ3v) is 6.39. The van der Waals surface area contributed by atoms with Gasteiger partial charge in [0.1, 0.15) is 17.5 Å². The SMILES string of the molecule is CCOC(=O)C1CCCN(C(=O)C2CSCN2C(=O)c2cc(OC)cc(OC)c2)C1. The molecule has 0 bridgehead atoms. The molecule has 8 nitrogen and oxygen atoms in total. The van der Waals surface area contributed by atoms with Crippen LogP contribution in [0.2, 0.25) is 0 Å². The maximum Gasteiger partial charge on any atom is 0.310 e. The number of esters is 1. The van der Waals surface area contributed by atoms with Gasteiger partial charge >= 0.3 is 5.97 Å².